The summed E-state index contributed by atoms with van der Waals surface area (Å²) in [5.74, 6) is 0.513. The second-order valence-electron chi connectivity index (χ2n) is 4.01. The highest BCUT2D eigenvalue weighted by Crippen LogP contribution is 2.37. The molecule has 0 saturated heterocycles. The lowest BCUT2D eigenvalue weighted by atomic mass is 10.2. The summed E-state index contributed by atoms with van der Waals surface area (Å²) < 4.78 is 12.3. The number of hydrogen-bond donors (Lipinski definition) is 0. The molecule has 0 aliphatic carbocycles. The predicted molar refractivity (Wildman–Crippen MR) is 84.7 cm³/mol. The van der Waals surface area contributed by atoms with E-state index in [-0.39, 0.29) is 4.58 Å². The van der Waals surface area contributed by atoms with E-state index in [0.29, 0.717) is 5.75 Å². The minimum absolute atomic E-state index is 0.0541. The largest absolute Gasteiger partial charge is 0.258 e. The van der Waals surface area contributed by atoms with Crippen molar-refractivity contribution < 1.29 is 4.21 Å². The Hall–Kier alpha value is -1.32. The van der Waals surface area contributed by atoms with E-state index in [2.05, 4.69) is 6.58 Å². The first-order valence-electron chi connectivity index (χ1n) is 6.06. The summed E-state index contributed by atoms with van der Waals surface area (Å²) >= 11 is 1.64. The molecule has 0 aromatic heterocycles. The van der Waals surface area contributed by atoms with E-state index < -0.39 is 10.8 Å². The summed E-state index contributed by atoms with van der Waals surface area (Å²) in [4.78, 5) is 1.13. The number of thioether (sulfide) groups is 1. The zero-order valence-corrected chi connectivity index (χ0v) is 12.2. The van der Waals surface area contributed by atoms with Gasteiger partial charge < -0.3 is 0 Å². The minimum Gasteiger partial charge on any atom is -0.258 e. The molecule has 0 bridgehead atoms. The van der Waals surface area contributed by atoms with Crippen molar-refractivity contribution in [2.75, 3.05) is 5.75 Å². The van der Waals surface area contributed by atoms with Crippen molar-refractivity contribution in [3.8, 4) is 0 Å². The van der Waals surface area contributed by atoms with Crippen LogP contribution in [0.15, 0.2) is 78.2 Å². The first kappa shape index (κ1) is 14.1. The molecule has 0 spiro atoms. The molecule has 2 unspecified atom stereocenters. The average molecular weight is 288 g/mol. The van der Waals surface area contributed by atoms with Crippen LogP contribution in [0, 0.1) is 0 Å². The molecule has 2 atom stereocenters. The zero-order chi connectivity index (χ0) is 13.5. The molecule has 0 saturated carbocycles. The van der Waals surface area contributed by atoms with Crippen molar-refractivity contribution in [1.82, 2.24) is 0 Å². The molecule has 0 radical (unpaired) electrons. The molecule has 1 nitrogen and oxygen atoms in total. The van der Waals surface area contributed by atoms with Crippen molar-refractivity contribution in [2.24, 2.45) is 0 Å². The maximum Gasteiger partial charge on any atom is 0.110 e. The first-order valence-corrected chi connectivity index (χ1v) is 8.32. The van der Waals surface area contributed by atoms with Gasteiger partial charge in [0, 0.05) is 21.4 Å². The summed E-state index contributed by atoms with van der Waals surface area (Å²) in [6.07, 6.45) is 1.72. The fourth-order valence-corrected chi connectivity index (χ4v) is 4.43. The van der Waals surface area contributed by atoms with Crippen molar-refractivity contribution in [3.05, 3.63) is 78.9 Å². The van der Waals surface area contributed by atoms with Gasteiger partial charge in [0.2, 0.25) is 0 Å². The molecule has 0 fully saturated rings. The molecule has 2 aromatic carbocycles. The van der Waals surface area contributed by atoms with Gasteiger partial charge in [-0.2, -0.15) is 0 Å². The van der Waals surface area contributed by atoms with Gasteiger partial charge in [0.15, 0.2) is 0 Å². The standard InChI is InChI=1S/C16H16OS2/c1-2-13-19(17)16(14-9-5-3-6-10-14)18-15-11-7-4-8-12-15/h2-12,16H,1,13H2. The average Bonchev–Trinajstić information content (AvgIpc) is 2.47. The fourth-order valence-electron chi connectivity index (χ4n) is 1.71. The lowest BCUT2D eigenvalue weighted by Gasteiger charge is -2.16. The molecular weight excluding hydrogens is 272 g/mol. The molecule has 19 heavy (non-hydrogen) atoms. The van der Waals surface area contributed by atoms with Crippen molar-refractivity contribution in [2.45, 2.75) is 9.48 Å². The van der Waals surface area contributed by atoms with Gasteiger partial charge in [0.1, 0.15) is 4.58 Å². The van der Waals surface area contributed by atoms with Crippen LogP contribution in [0.1, 0.15) is 10.1 Å². The Kier molecular flexibility index (Phi) is 5.43. The van der Waals surface area contributed by atoms with Crippen LogP contribution in [0.25, 0.3) is 0 Å². The van der Waals surface area contributed by atoms with Crippen LogP contribution in [0.3, 0.4) is 0 Å². The topological polar surface area (TPSA) is 17.1 Å². The molecule has 3 heteroatoms. The third kappa shape index (κ3) is 4.08. The Balaban J connectivity index is 2.25. The highest BCUT2D eigenvalue weighted by molar-refractivity contribution is 8.10. The molecular formula is C16H16OS2. The highest BCUT2D eigenvalue weighted by Gasteiger charge is 2.19. The second-order valence-corrected chi connectivity index (χ2v) is 7.05. The molecule has 2 rings (SSSR count). The summed E-state index contributed by atoms with van der Waals surface area (Å²) in [5, 5.41) is 0. The summed E-state index contributed by atoms with van der Waals surface area (Å²) in [6.45, 7) is 3.68. The van der Waals surface area contributed by atoms with E-state index in [1.165, 1.54) is 0 Å². The van der Waals surface area contributed by atoms with Crippen LogP contribution < -0.4 is 0 Å². The van der Waals surface area contributed by atoms with Crippen LogP contribution in [0.2, 0.25) is 0 Å². The minimum atomic E-state index is -0.964. The maximum absolute atomic E-state index is 12.4. The Morgan fingerprint density at radius 1 is 1.05 bits per heavy atom. The zero-order valence-electron chi connectivity index (χ0n) is 10.6. The first-order chi connectivity index (χ1) is 9.31. The third-order valence-electron chi connectivity index (χ3n) is 2.58. The Morgan fingerprint density at radius 3 is 2.21 bits per heavy atom. The summed E-state index contributed by atoms with van der Waals surface area (Å²) in [7, 11) is -0.964. The van der Waals surface area contributed by atoms with E-state index in [1.54, 1.807) is 17.8 Å². The van der Waals surface area contributed by atoms with Crippen LogP contribution >= 0.6 is 11.8 Å². The molecule has 2 aromatic rings. The smallest absolute Gasteiger partial charge is 0.110 e. The van der Waals surface area contributed by atoms with Crippen molar-refractivity contribution in [1.29, 1.82) is 0 Å². The summed E-state index contributed by atoms with van der Waals surface area (Å²) in [6, 6.07) is 20.1. The van der Waals surface area contributed by atoms with Crippen LogP contribution in [0.4, 0.5) is 0 Å². The lowest BCUT2D eigenvalue weighted by molar-refractivity contribution is 0.684. The molecule has 0 aliphatic heterocycles. The number of hydrogen-bond acceptors (Lipinski definition) is 2. The fraction of sp³-hybridized carbons (Fsp3) is 0.125. The van der Waals surface area contributed by atoms with E-state index in [1.807, 2.05) is 60.7 Å². The van der Waals surface area contributed by atoms with Crippen molar-refractivity contribution >= 4 is 22.6 Å². The maximum atomic E-state index is 12.4. The van der Waals surface area contributed by atoms with E-state index >= 15 is 0 Å². The monoisotopic (exact) mass is 288 g/mol. The molecule has 0 aliphatic rings. The lowest BCUT2D eigenvalue weighted by Crippen LogP contribution is -2.05. The molecule has 0 N–H and O–H groups in total. The van der Waals surface area contributed by atoms with E-state index in [9.17, 15) is 4.21 Å². The van der Waals surface area contributed by atoms with Crippen LogP contribution in [-0.2, 0) is 10.8 Å². The van der Waals surface area contributed by atoms with Gasteiger partial charge in [-0.1, -0.05) is 54.6 Å². The summed E-state index contributed by atoms with van der Waals surface area (Å²) in [5.41, 5.74) is 1.09. The van der Waals surface area contributed by atoms with Gasteiger partial charge in [-0.15, -0.1) is 18.3 Å². The SMILES string of the molecule is C=CCS(=O)C(Sc1ccccc1)c1ccccc1. The molecule has 98 valence electrons. The molecule has 0 amide bonds. The molecule has 0 heterocycles. The van der Waals surface area contributed by atoms with Crippen LogP contribution in [0.5, 0.6) is 0 Å². The van der Waals surface area contributed by atoms with E-state index in [4.69, 9.17) is 0 Å². The predicted octanol–water partition coefficient (Wildman–Crippen LogP) is 4.41. The van der Waals surface area contributed by atoms with Gasteiger partial charge in [-0.3, -0.25) is 4.21 Å². The quantitative estimate of drug-likeness (QED) is 0.578. The van der Waals surface area contributed by atoms with Gasteiger partial charge in [-0.05, 0) is 17.7 Å². The van der Waals surface area contributed by atoms with Crippen molar-refractivity contribution in [3.63, 3.8) is 0 Å². The van der Waals surface area contributed by atoms with Gasteiger partial charge >= 0.3 is 0 Å². The number of rotatable bonds is 6. The van der Waals surface area contributed by atoms with Gasteiger partial charge in [0.25, 0.3) is 0 Å². The second kappa shape index (κ2) is 7.31. The Morgan fingerprint density at radius 2 is 1.63 bits per heavy atom. The Bertz CT molecular complexity index is 537. The van der Waals surface area contributed by atoms with Gasteiger partial charge in [-0.25, -0.2) is 0 Å². The highest BCUT2D eigenvalue weighted by atomic mass is 32.2. The van der Waals surface area contributed by atoms with E-state index in [0.717, 1.165) is 10.5 Å². The normalized spacial score (nSPS) is 13.7. The number of benzene rings is 2. The van der Waals surface area contributed by atoms with Gasteiger partial charge in [0.05, 0.1) is 0 Å². The van der Waals surface area contributed by atoms with Crippen LogP contribution in [-0.4, -0.2) is 9.96 Å². The third-order valence-corrected chi connectivity index (χ3v) is 5.86. The Labute approximate surface area is 121 Å².